The summed E-state index contributed by atoms with van der Waals surface area (Å²) in [7, 11) is 0. The molecule has 76 valence electrons. The Morgan fingerprint density at radius 1 is 1.43 bits per heavy atom. The normalized spacial score (nSPS) is 10.2. The molecule has 14 heavy (non-hydrogen) atoms. The molecular formula is C9H10F2N2O. The lowest BCUT2D eigenvalue weighted by Gasteiger charge is -2.03. The summed E-state index contributed by atoms with van der Waals surface area (Å²) in [6, 6.07) is 3.54. The van der Waals surface area contributed by atoms with Crippen LogP contribution in [0.25, 0.3) is 0 Å². The summed E-state index contributed by atoms with van der Waals surface area (Å²) in [4.78, 5) is 14.3. The first-order valence-corrected chi connectivity index (χ1v) is 4.15. The van der Waals surface area contributed by atoms with Crippen molar-refractivity contribution < 1.29 is 13.6 Å². The average Bonchev–Trinajstić information content (AvgIpc) is 2.19. The molecule has 0 aliphatic carbocycles. The summed E-state index contributed by atoms with van der Waals surface area (Å²) < 4.78 is 23.5. The molecule has 1 N–H and O–H groups in total. The number of nitrogens with zero attached hydrogens (tertiary/aromatic N) is 1. The van der Waals surface area contributed by atoms with Crippen LogP contribution in [-0.2, 0) is 11.2 Å². The molecule has 0 radical (unpaired) electrons. The minimum absolute atomic E-state index is 0.215. The van der Waals surface area contributed by atoms with Crippen LogP contribution in [0.2, 0.25) is 0 Å². The molecule has 0 unspecified atom stereocenters. The molecule has 3 nitrogen and oxygen atoms in total. The molecule has 0 aromatic carbocycles. The van der Waals surface area contributed by atoms with Gasteiger partial charge >= 0.3 is 6.43 Å². The van der Waals surface area contributed by atoms with E-state index in [0.29, 0.717) is 6.42 Å². The van der Waals surface area contributed by atoms with Crippen molar-refractivity contribution >= 4 is 5.91 Å². The molecule has 1 aromatic heterocycles. The van der Waals surface area contributed by atoms with Gasteiger partial charge in [-0.2, -0.15) is 8.78 Å². The highest BCUT2D eigenvalue weighted by atomic mass is 19.3. The first-order valence-electron chi connectivity index (χ1n) is 4.15. The van der Waals surface area contributed by atoms with E-state index in [-0.39, 0.29) is 6.54 Å². The van der Waals surface area contributed by atoms with E-state index >= 15 is 0 Å². The molecule has 0 aliphatic rings. The van der Waals surface area contributed by atoms with E-state index in [1.54, 1.807) is 24.5 Å². The number of halogens is 2. The first-order chi connectivity index (χ1) is 6.70. The molecule has 5 heteroatoms. The zero-order chi connectivity index (χ0) is 10.4. The Morgan fingerprint density at radius 2 is 2.07 bits per heavy atom. The fraction of sp³-hybridized carbons (Fsp3) is 0.333. The fourth-order valence-corrected chi connectivity index (χ4v) is 0.957. The predicted octanol–water partition coefficient (Wildman–Crippen LogP) is 1.01. The van der Waals surface area contributed by atoms with Crippen LogP contribution < -0.4 is 5.32 Å². The Hall–Kier alpha value is -1.52. The number of hydrogen-bond donors (Lipinski definition) is 1. The van der Waals surface area contributed by atoms with Gasteiger partial charge in [0.05, 0.1) is 0 Å². The number of nitrogens with one attached hydrogen (secondary N) is 1. The predicted molar refractivity (Wildman–Crippen MR) is 47.0 cm³/mol. The van der Waals surface area contributed by atoms with Gasteiger partial charge in [0.25, 0.3) is 5.91 Å². The number of rotatable bonds is 4. The SMILES string of the molecule is O=C(NCCc1ccncc1)C(F)F. The second kappa shape index (κ2) is 5.26. The fourth-order valence-electron chi connectivity index (χ4n) is 0.957. The van der Waals surface area contributed by atoms with Gasteiger partial charge in [0.2, 0.25) is 0 Å². The second-order valence-electron chi connectivity index (χ2n) is 2.70. The molecule has 0 atom stereocenters. The zero-order valence-corrected chi connectivity index (χ0v) is 7.41. The standard InChI is InChI=1S/C9H10F2N2O/c10-8(11)9(14)13-6-3-7-1-4-12-5-2-7/h1-2,4-5,8H,3,6H2,(H,13,14). The molecule has 1 heterocycles. The second-order valence-corrected chi connectivity index (χ2v) is 2.70. The van der Waals surface area contributed by atoms with Crippen molar-refractivity contribution in [2.75, 3.05) is 6.54 Å². The first kappa shape index (κ1) is 10.6. The number of alkyl halides is 2. The smallest absolute Gasteiger partial charge is 0.315 e. The quantitative estimate of drug-likeness (QED) is 0.788. The van der Waals surface area contributed by atoms with E-state index in [9.17, 15) is 13.6 Å². The van der Waals surface area contributed by atoms with E-state index in [0.717, 1.165) is 5.56 Å². The van der Waals surface area contributed by atoms with Crippen molar-refractivity contribution in [2.24, 2.45) is 0 Å². The van der Waals surface area contributed by atoms with Gasteiger partial charge in [-0.15, -0.1) is 0 Å². The highest BCUT2D eigenvalue weighted by Crippen LogP contribution is 1.96. The summed E-state index contributed by atoms with van der Waals surface area (Å²) in [5.41, 5.74) is 0.953. The molecule has 1 rings (SSSR count). The average molecular weight is 200 g/mol. The van der Waals surface area contributed by atoms with Crippen LogP contribution >= 0.6 is 0 Å². The minimum atomic E-state index is -2.94. The van der Waals surface area contributed by atoms with Gasteiger partial charge in [0.1, 0.15) is 0 Å². The van der Waals surface area contributed by atoms with E-state index in [1.165, 1.54) is 0 Å². The largest absolute Gasteiger partial charge is 0.351 e. The van der Waals surface area contributed by atoms with Crippen molar-refractivity contribution in [1.82, 2.24) is 10.3 Å². The molecular weight excluding hydrogens is 190 g/mol. The highest BCUT2D eigenvalue weighted by Gasteiger charge is 2.13. The number of carbonyl (C=O) groups is 1. The topological polar surface area (TPSA) is 42.0 Å². The molecule has 0 saturated carbocycles. The third-order valence-corrected chi connectivity index (χ3v) is 1.66. The molecule has 0 aliphatic heterocycles. The molecule has 0 fully saturated rings. The van der Waals surface area contributed by atoms with Crippen LogP contribution in [0.4, 0.5) is 8.78 Å². The van der Waals surface area contributed by atoms with Crippen LogP contribution in [0.5, 0.6) is 0 Å². The lowest BCUT2D eigenvalue weighted by molar-refractivity contribution is -0.131. The zero-order valence-electron chi connectivity index (χ0n) is 7.41. The van der Waals surface area contributed by atoms with Gasteiger partial charge < -0.3 is 5.32 Å². The number of pyridine rings is 1. The summed E-state index contributed by atoms with van der Waals surface area (Å²) in [5.74, 6) is -1.22. The number of amides is 1. The van der Waals surface area contributed by atoms with Gasteiger partial charge in [-0.3, -0.25) is 9.78 Å². The Balaban J connectivity index is 2.26. The van der Waals surface area contributed by atoms with Crippen LogP contribution in [-0.4, -0.2) is 23.9 Å². The maximum atomic E-state index is 11.7. The maximum absolute atomic E-state index is 11.7. The Morgan fingerprint density at radius 3 is 2.64 bits per heavy atom. The van der Waals surface area contributed by atoms with Crippen molar-refractivity contribution in [1.29, 1.82) is 0 Å². The molecule has 1 aromatic rings. The van der Waals surface area contributed by atoms with Gasteiger partial charge in [-0.1, -0.05) is 0 Å². The third kappa shape index (κ3) is 3.47. The Bertz CT molecular complexity index is 290. The number of carbonyl (C=O) groups excluding carboxylic acids is 1. The van der Waals surface area contributed by atoms with E-state index in [1.807, 2.05) is 0 Å². The van der Waals surface area contributed by atoms with Crippen molar-refractivity contribution in [3.05, 3.63) is 30.1 Å². The van der Waals surface area contributed by atoms with Crippen LogP contribution in [0.15, 0.2) is 24.5 Å². The lowest BCUT2D eigenvalue weighted by atomic mass is 10.2. The van der Waals surface area contributed by atoms with Crippen molar-refractivity contribution in [3.8, 4) is 0 Å². The minimum Gasteiger partial charge on any atom is -0.351 e. The molecule has 0 bridgehead atoms. The van der Waals surface area contributed by atoms with E-state index < -0.39 is 12.3 Å². The van der Waals surface area contributed by atoms with Gasteiger partial charge in [-0.25, -0.2) is 0 Å². The monoisotopic (exact) mass is 200 g/mol. The number of aromatic nitrogens is 1. The molecule has 0 spiro atoms. The lowest BCUT2D eigenvalue weighted by Crippen LogP contribution is -2.31. The molecule has 0 saturated heterocycles. The summed E-state index contributed by atoms with van der Waals surface area (Å²) in [6.07, 6.45) is 0.822. The highest BCUT2D eigenvalue weighted by molar-refractivity contribution is 5.78. The van der Waals surface area contributed by atoms with Gasteiger partial charge in [-0.05, 0) is 24.1 Å². The summed E-state index contributed by atoms with van der Waals surface area (Å²) in [6.45, 7) is 0.215. The van der Waals surface area contributed by atoms with Gasteiger partial charge in [0, 0.05) is 18.9 Å². The third-order valence-electron chi connectivity index (χ3n) is 1.66. The maximum Gasteiger partial charge on any atom is 0.315 e. The van der Waals surface area contributed by atoms with E-state index in [4.69, 9.17) is 0 Å². The van der Waals surface area contributed by atoms with Crippen LogP contribution in [0.1, 0.15) is 5.56 Å². The van der Waals surface area contributed by atoms with Crippen LogP contribution in [0, 0.1) is 0 Å². The van der Waals surface area contributed by atoms with Crippen molar-refractivity contribution in [3.63, 3.8) is 0 Å². The molecule has 1 amide bonds. The van der Waals surface area contributed by atoms with Crippen molar-refractivity contribution in [2.45, 2.75) is 12.8 Å². The summed E-state index contributed by atoms with van der Waals surface area (Å²) >= 11 is 0. The van der Waals surface area contributed by atoms with Crippen LogP contribution in [0.3, 0.4) is 0 Å². The number of hydrogen-bond acceptors (Lipinski definition) is 2. The Labute approximate surface area is 80.2 Å². The van der Waals surface area contributed by atoms with Gasteiger partial charge in [0.15, 0.2) is 0 Å². The summed E-state index contributed by atoms with van der Waals surface area (Å²) in [5, 5.41) is 2.12. The Kier molecular flexibility index (Phi) is 3.97. The van der Waals surface area contributed by atoms with E-state index in [2.05, 4.69) is 10.3 Å².